The summed E-state index contributed by atoms with van der Waals surface area (Å²) in [4.78, 5) is 26.7. The smallest absolute Gasteiger partial charge is 0.396 e. The van der Waals surface area contributed by atoms with E-state index in [2.05, 4.69) is 15.0 Å². The van der Waals surface area contributed by atoms with Crippen molar-refractivity contribution < 1.29 is 19.1 Å². The Labute approximate surface area is 134 Å². The van der Waals surface area contributed by atoms with Crippen molar-refractivity contribution in [2.45, 2.75) is 20.1 Å². The molecule has 1 aromatic heterocycles. The Morgan fingerprint density at radius 3 is 2.57 bits per heavy atom. The number of esters is 1. The molecule has 1 amide bonds. The molecular formula is C17H18N2O4. The number of carbonyl (C=O) groups is 2. The van der Waals surface area contributed by atoms with Gasteiger partial charge in [-0.25, -0.2) is 4.79 Å². The topological polar surface area (TPSA) is 77.5 Å². The van der Waals surface area contributed by atoms with Crippen LogP contribution in [0.2, 0.25) is 0 Å². The number of hydrogen-bond donors (Lipinski definition) is 1. The lowest BCUT2D eigenvalue weighted by molar-refractivity contribution is -0.154. The van der Waals surface area contributed by atoms with Crippen LogP contribution in [0.4, 0.5) is 0 Å². The van der Waals surface area contributed by atoms with Crippen LogP contribution in [0.15, 0.2) is 48.7 Å². The van der Waals surface area contributed by atoms with Crippen molar-refractivity contribution in [1.29, 1.82) is 0 Å². The molecule has 2 aromatic rings. The normalized spacial score (nSPS) is 9.96. The molecule has 0 unspecified atom stereocenters. The van der Waals surface area contributed by atoms with E-state index in [9.17, 15) is 9.59 Å². The summed E-state index contributed by atoms with van der Waals surface area (Å²) in [5.41, 5.74) is 1.69. The molecule has 2 rings (SSSR count). The van der Waals surface area contributed by atoms with Crippen LogP contribution in [-0.4, -0.2) is 23.5 Å². The zero-order valence-corrected chi connectivity index (χ0v) is 12.8. The molecule has 0 saturated carbocycles. The van der Waals surface area contributed by atoms with Crippen LogP contribution in [-0.2, 0) is 27.5 Å². The highest BCUT2D eigenvalue weighted by atomic mass is 16.5. The Hall–Kier alpha value is -2.89. The molecule has 23 heavy (non-hydrogen) atoms. The van der Waals surface area contributed by atoms with Gasteiger partial charge in [-0.3, -0.25) is 9.78 Å². The van der Waals surface area contributed by atoms with Gasteiger partial charge in [0.1, 0.15) is 12.4 Å². The lowest BCUT2D eigenvalue weighted by atomic mass is 10.2. The average molecular weight is 314 g/mol. The molecule has 6 heteroatoms. The molecule has 6 nitrogen and oxygen atoms in total. The summed E-state index contributed by atoms with van der Waals surface area (Å²) in [5, 5.41) is 2.44. The fourth-order valence-corrected chi connectivity index (χ4v) is 1.78. The lowest BCUT2D eigenvalue weighted by Crippen LogP contribution is -2.32. The van der Waals surface area contributed by atoms with E-state index >= 15 is 0 Å². The summed E-state index contributed by atoms with van der Waals surface area (Å²) in [6.07, 6.45) is 1.58. The summed E-state index contributed by atoms with van der Waals surface area (Å²) >= 11 is 0. The highest BCUT2D eigenvalue weighted by Gasteiger charge is 2.13. The van der Waals surface area contributed by atoms with E-state index < -0.39 is 11.9 Å². The Balaban J connectivity index is 1.80. The quantitative estimate of drug-likeness (QED) is 0.650. The number of carbonyl (C=O) groups excluding carboxylic acids is 2. The summed E-state index contributed by atoms with van der Waals surface area (Å²) in [5.74, 6) is -1.04. The second-order valence-corrected chi connectivity index (χ2v) is 4.66. The number of aromatic nitrogens is 1. The Morgan fingerprint density at radius 2 is 1.91 bits per heavy atom. The molecule has 0 aliphatic carbocycles. The van der Waals surface area contributed by atoms with Gasteiger partial charge in [-0.2, -0.15) is 0 Å². The maximum atomic E-state index is 11.4. The maximum absolute atomic E-state index is 11.4. The average Bonchev–Trinajstić information content (AvgIpc) is 2.60. The predicted molar refractivity (Wildman–Crippen MR) is 83.5 cm³/mol. The second-order valence-electron chi connectivity index (χ2n) is 4.66. The molecule has 1 N–H and O–H groups in total. The second kappa shape index (κ2) is 8.53. The van der Waals surface area contributed by atoms with Crippen molar-refractivity contribution in [3.8, 4) is 5.75 Å². The van der Waals surface area contributed by atoms with Crippen molar-refractivity contribution in [1.82, 2.24) is 10.3 Å². The number of nitrogens with one attached hydrogen (secondary N) is 1. The van der Waals surface area contributed by atoms with Gasteiger partial charge in [-0.1, -0.05) is 30.3 Å². The third-order valence-corrected chi connectivity index (χ3v) is 2.94. The molecule has 1 aromatic carbocycles. The monoisotopic (exact) mass is 314 g/mol. The summed E-state index contributed by atoms with van der Waals surface area (Å²) in [6, 6.07) is 13.3. The Morgan fingerprint density at radius 1 is 1.13 bits per heavy atom. The van der Waals surface area contributed by atoms with Crippen LogP contribution < -0.4 is 10.1 Å². The maximum Gasteiger partial charge on any atom is 0.396 e. The van der Waals surface area contributed by atoms with E-state index in [1.54, 1.807) is 25.3 Å². The first-order valence-electron chi connectivity index (χ1n) is 7.25. The number of nitrogens with zero attached hydrogens (tertiary/aromatic N) is 1. The predicted octanol–water partition coefficient (Wildman–Crippen LogP) is 1.84. The molecule has 120 valence electrons. The number of amides is 1. The van der Waals surface area contributed by atoms with Crippen LogP contribution in [0, 0.1) is 0 Å². The first-order valence-corrected chi connectivity index (χ1v) is 7.25. The minimum Gasteiger partial charge on any atom is -0.487 e. The number of hydrogen-bond acceptors (Lipinski definition) is 5. The van der Waals surface area contributed by atoms with Gasteiger partial charge in [-0.05, 0) is 24.6 Å². The first-order chi connectivity index (χ1) is 11.2. The minimum atomic E-state index is -0.893. The van der Waals surface area contributed by atoms with Crippen molar-refractivity contribution in [2.24, 2.45) is 0 Å². The zero-order valence-electron chi connectivity index (χ0n) is 12.8. The third kappa shape index (κ3) is 5.43. The zero-order chi connectivity index (χ0) is 16.5. The molecule has 0 fully saturated rings. The Kier molecular flexibility index (Phi) is 6.11. The molecule has 0 radical (unpaired) electrons. The first kappa shape index (κ1) is 16.5. The van der Waals surface area contributed by atoms with Gasteiger partial charge < -0.3 is 14.8 Å². The van der Waals surface area contributed by atoms with Crippen LogP contribution in [0.3, 0.4) is 0 Å². The van der Waals surface area contributed by atoms with E-state index in [0.717, 1.165) is 5.56 Å². The molecule has 1 heterocycles. The van der Waals surface area contributed by atoms with Crippen LogP contribution in [0.1, 0.15) is 18.2 Å². The van der Waals surface area contributed by atoms with Crippen LogP contribution >= 0.6 is 0 Å². The highest BCUT2D eigenvalue weighted by molar-refractivity contribution is 6.32. The van der Waals surface area contributed by atoms with Gasteiger partial charge in [0, 0.05) is 0 Å². The lowest BCUT2D eigenvalue weighted by Gasteiger charge is -2.07. The molecule has 0 aliphatic heterocycles. The van der Waals surface area contributed by atoms with E-state index in [1.165, 1.54) is 0 Å². The number of ether oxygens (including phenoxy) is 2. The summed E-state index contributed by atoms with van der Waals surface area (Å²) in [7, 11) is 0. The van der Waals surface area contributed by atoms with Gasteiger partial charge in [0.2, 0.25) is 0 Å². The van der Waals surface area contributed by atoms with Gasteiger partial charge in [0.05, 0.1) is 25.0 Å². The molecule has 0 aliphatic rings. The molecule has 0 atom stereocenters. The largest absolute Gasteiger partial charge is 0.487 e. The van der Waals surface area contributed by atoms with Gasteiger partial charge in [0.15, 0.2) is 0 Å². The molecular weight excluding hydrogens is 296 g/mol. The van der Waals surface area contributed by atoms with E-state index in [0.29, 0.717) is 18.1 Å². The third-order valence-electron chi connectivity index (χ3n) is 2.94. The molecule has 0 bridgehead atoms. The molecule has 0 spiro atoms. The van der Waals surface area contributed by atoms with E-state index in [-0.39, 0.29) is 13.2 Å². The van der Waals surface area contributed by atoms with Crippen molar-refractivity contribution in [3.05, 3.63) is 59.9 Å². The van der Waals surface area contributed by atoms with Crippen LogP contribution in [0.25, 0.3) is 0 Å². The van der Waals surface area contributed by atoms with Crippen molar-refractivity contribution in [3.63, 3.8) is 0 Å². The van der Waals surface area contributed by atoms with Crippen LogP contribution in [0.5, 0.6) is 5.75 Å². The van der Waals surface area contributed by atoms with Crippen molar-refractivity contribution >= 4 is 11.9 Å². The number of pyridine rings is 1. The van der Waals surface area contributed by atoms with E-state index in [1.807, 2.05) is 30.3 Å². The van der Waals surface area contributed by atoms with Crippen molar-refractivity contribution in [2.75, 3.05) is 6.61 Å². The highest BCUT2D eigenvalue weighted by Crippen LogP contribution is 2.11. The fraction of sp³-hybridized carbons (Fsp3) is 0.235. The van der Waals surface area contributed by atoms with Gasteiger partial charge >= 0.3 is 11.9 Å². The fourth-order valence-electron chi connectivity index (χ4n) is 1.78. The number of benzene rings is 1. The SMILES string of the molecule is CCOC(=O)C(=O)NCc1ccc(OCc2ccccc2)cn1. The number of rotatable bonds is 6. The summed E-state index contributed by atoms with van der Waals surface area (Å²) < 4.78 is 10.2. The minimum absolute atomic E-state index is 0.149. The molecule has 0 saturated heterocycles. The van der Waals surface area contributed by atoms with Gasteiger partial charge in [0.25, 0.3) is 0 Å². The van der Waals surface area contributed by atoms with Gasteiger partial charge in [-0.15, -0.1) is 0 Å². The Bertz CT molecular complexity index is 641. The summed E-state index contributed by atoms with van der Waals surface area (Å²) in [6.45, 7) is 2.41. The standard InChI is InChI=1S/C17H18N2O4/c1-2-22-17(21)16(20)19-10-14-8-9-15(11-18-14)23-12-13-6-4-3-5-7-13/h3-9,11H,2,10,12H2,1H3,(H,19,20). The van der Waals surface area contributed by atoms with E-state index in [4.69, 9.17) is 4.74 Å².